The van der Waals surface area contributed by atoms with Crippen LogP contribution in [0.25, 0.3) is 0 Å². The number of likely N-dealkylation sites (N-methyl/N-ethyl adjacent to an activating group) is 1. The van der Waals surface area contributed by atoms with Gasteiger partial charge in [-0.05, 0) is 56.7 Å². The van der Waals surface area contributed by atoms with E-state index in [9.17, 15) is 5.11 Å². The monoisotopic (exact) mass is 382 g/mol. The summed E-state index contributed by atoms with van der Waals surface area (Å²) in [6.07, 6.45) is 7.13. The third-order valence-electron chi connectivity index (χ3n) is 8.25. The number of hydrogen-bond donors (Lipinski definition) is 1. The molecule has 0 radical (unpaired) electrons. The van der Waals surface area contributed by atoms with Gasteiger partial charge in [0.2, 0.25) is 0 Å². The van der Waals surface area contributed by atoms with Crippen LogP contribution in [-0.4, -0.2) is 59.7 Å². The van der Waals surface area contributed by atoms with E-state index < -0.39 is 5.60 Å². The minimum absolute atomic E-state index is 0.0999. The van der Waals surface area contributed by atoms with Gasteiger partial charge in [-0.25, -0.2) is 4.99 Å². The average Bonchev–Trinajstić information content (AvgIpc) is 3.04. The minimum Gasteiger partial charge on any atom is -0.504 e. The fourth-order valence-electron chi connectivity index (χ4n) is 7.23. The molecule has 6 aliphatic rings. The van der Waals surface area contributed by atoms with Crippen molar-refractivity contribution in [3.8, 4) is 11.5 Å². The first-order valence-corrected chi connectivity index (χ1v) is 9.99. The minimum atomic E-state index is -0.686. The maximum atomic E-state index is 10.6. The normalized spacial score (nSPS) is 45.2. The molecule has 1 aromatic rings. The molecule has 0 aromatic heterocycles. The maximum absolute atomic E-state index is 10.6. The standard InChI is InChI=1S/C21H22N2O3S/c1-23-8-7-20-16-12-3-4-13(24)17(16)26-18(20)21(25-2)6-5-19(20,15(23)9-12)10-14(21)22-11-27/h3-6,14-15,18,24H,7-10H2,1-2H3/t14?,15-,18-,19-,20?,21-/m1/s1. The van der Waals surface area contributed by atoms with Crippen molar-refractivity contribution in [1.82, 2.24) is 4.90 Å². The molecule has 0 amide bonds. The van der Waals surface area contributed by atoms with Gasteiger partial charge in [0.05, 0.1) is 16.6 Å². The number of ether oxygens (including phenoxy) is 2. The van der Waals surface area contributed by atoms with Crippen LogP contribution in [0.1, 0.15) is 24.0 Å². The molecule has 2 spiro atoms. The second-order valence-corrected chi connectivity index (χ2v) is 8.92. The number of aromatic hydroxyl groups is 1. The van der Waals surface area contributed by atoms with Crippen LogP contribution >= 0.6 is 12.2 Å². The Morgan fingerprint density at radius 2 is 2.26 bits per heavy atom. The quantitative estimate of drug-likeness (QED) is 0.484. The molecule has 4 bridgehead atoms. The molecule has 1 saturated heterocycles. The summed E-state index contributed by atoms with van der Waals surface area (Å²) >= 11 is 4.98. The number of aliphatic imine (C=N–C) groups is 1. The molecule has 27 heavy (non-hydrogen) atoms. The summed E-state index contributed by atoms with van der Waals surface area (Å²) in [6.45, 7) is 1.01. The highest BCUT2D eigenvalue weighted by Gasteiger charge is 2.79. The Balaban J connectivity index is 1.73. The highest BCUT2D eigenvalue weighted by Crippen LogP contribution is 2.73. The molecule has 1 saturated carbocycles. The lowest BCUT2D eigenvalue weighted by Gasteiger charge is -2.70. The molecule has 6 atom stereocenters. The third-order valence-corrected chi connectivity index (χ3v) is 8.35. The summed E-state index contributed by atoms with van der Waals surface area (Å²) in [4.78, 5) is 7.03. The van der Waals surface area contributed by atoms with Crippen molar-refractivity contribution in [3.05, 3.63) is 35.4 Å². The van der Waals surface area contributed by atoms with Crippen LogP contribution in [-0.2, 0) is 16.6 Å². The largest absolute Gasteiger partial charge is 0.504 e. The van der Waals surface area contributed by atoms with Gasteiger partial charge in [-0.2, -0.15) is 0 Å². The van der Waals surface area contributed by atoms with Gasteiger partial charge in [0, 0.05) is 24.1 Å². The van der Waals surface area contributed by atoms with Gasteiger partial charge in [0.25, 0.3) is 0 Å². The Hall–Kier alpha value is -1.72. The number of piperidine rings is 1. The van der Waals surface area contributed by atoms with Crippen molar-refractivity contribution in [2.24, 2.45) is 10.4 Å². The van der Waals surface area contributed by atoms with E-state index in [2.05, 4.69) is 40.3 Å². The Kier molecular flexibility index (Phi) is 2.90. The molecule has 1 aromatic carbocycles. The van der Waals surface area contributed by atoms with Gasteiger partial charge in [0.15, 0.2) is 11.5 Å². The van der Waals surface area contributed by atoms with E-state index in [4.69, 9.17) is 21.7 Å². The summed E-state index contributed by atoms with van der Waals surface area (Å²) in [5.74, 6) is 0.882. The van der Waals surface area contributed by atoms with Crippen molar-refractivity contribution in [3.63, 3.8) is 0 Å². The smallest absolute Gasteiger partial charge is 0.165 e. The van der Waals surface area contributed by atoms with Crippen molar-refractivity contribution in [2.75, 3.05) is 20.7 Å². The van der Waals surface area contributed by atoms with Crippen LogP contribution in [0, 0.1) is 5.41 Å². The summed E-state index contributed by atoms with van der Waals surface area (Å²) < 4.78 is 12.7. The van der Waals surface area contributed by atoms with Gasteiger partial charge < -0.3 is 19.5 Å². The van der Waals surface area contributed by atoms with Gasteiger partial charge in [0.1, 0.15) is 11.7 Å². The molecule has 4 aliphatic carbocycles. The predicted molar refractivity (Wildman–Crippen MR) is 104 cm³/mol. The number of nitrogens with zero attached hydrogens (tertiary/aromatic N) is 2. The van der Waals surface area contributed by atoms with E-state index in [0.29, 0.717) is 11.8 Å². The van der Waals surface area contributed by atoms with E-state index in [1.54, 1.807) is 13.2 Å². The first-order chi connectivity index (χ1) is 13.0. The zero-order valence-electron chi connectivity index (χ0n) is 15.4. The summed E-state index contributed by atoms with van der Waals surface area (Å²) in [5.41, 5.74) is 1.54. The highest BCUT2D eigenvalue weighted by atomic mass is 32.1. The van der Waals surface area contributed by atoms with Crippen molar-refractivity contribution in [1.29, 1.82) is 0 Å². The molecule has 2 unspecified atom stereocenters. The number of phenolic OH excluding ortho intramolecular Hbond substituents is 1. The van der Waals surface area contributed by atoms with Gasteiger partial charge in [-0.3, -0.25) is 0 Å². The molecule has 2 aliphatic heterocycles. The number of likely N-dealkylation sites (tertiary alicyclic amines) is 1. The zero-order valence-corrected chi connectivity index (χ0v) is 16.3. The average molecular weight is 382 g/mol. The van der Waals surface area contributed by atoms with Crippen molar-refractivity contribution in [2.45, 2.75) is 48.5 Å². The number of methoxy groups -OCH3 is 1. The number of hydrogen-bond acceptors (Lipinski definition) is 6. The number of phenols is 1. The first-order valence-electron chi connectivity index (χ1n) is 9.59. The van der Waals surface area contributed by atoms with Crippen LogP contribution in [0.4, 0.5) is 0 Å². The molecular weight excluding hydrogens is 360 g/mol. The Bertz CT molecular complexity index is 957. The zero-order chi connectivity index (χ0) is 18.6. The molecule has 2 fully saturated rings. The van der Waals surface area contributed by atoms with E-state index in [1.165, 1.54) is 11.1 Å². The lowest BCUT2D eigenvalue weighted by atomic mass is 9.38. The van der Waals surface area contributed by atoms with E-state index in [0.717, 1.165) is 25.8 Å². The molecule has 5 nitrogen and oxygen atoms in total. The second-order valence-electron chi connectivity index (χ2n) is 8.74. The van der Waals surface area contributed by atoms with Crippen LogP contribution in [0.2, 0.25) is 0 Å². The molecule has 2 heterocycles. The van der Waals surface area contributed by atoms with Gasteiger partial charge >= 0.3 is 0 Å². The van der Waals surface area contributed by atoms with E-state index in [-0.39, 0.29) is 28.7 Å². The molecule has 1 N–H and O–H groups in total. The van der Waals surface area contributed by atoms with E-state index in [1.807, 2.05) is 0 Å². The van der Waals surface area contributed by atoms with Crippen LogP contribution < -0.4 is 4.74 Å². The molecule has 140 valence electrons. The molecule has 6 heteroatoms. The Labute approximate surface area is 163 Å². The lowest BCUT2D eigenvalue weighted by molar-refractivity contribution is -0.194. The summed E-state index contributed by atoms with van der Waals surface area (Å²) in [6, 6.07) is 4.10. The fraction of sp³-hybridized carbons (Fsp3) is 0.571. The first kappa shape index (κ1) is 16.3. The molecule has 7 rings (SSSR count). The number of thiocarbonyl (C=S) groups is 1. The van der Waals surface area contributed by atoms with Crippen molar-refractivity contribution >= 4 is 17.4 Å². The van der Waals surface area contributed by atoms with E-state index >= 15 is 0 Å². The van der Waals surface area contributed by atoms with Gasteiger partial charge in [-0.15, -0.1) is 0 Å². The third kappa shape index (κ3) is 1.48. The number of benzene rings is 1. The van der Waals surface area contributed by atoms with Crippen molar-refractivity contribution < 1.29 is 14.6 Å². The Morgan fingerprint density at radius 3 is 3.04 bits per heavy atom. The van der Waals surface area contributed by atoms with Crippen LogP contribution in [0.15, 0.2) is 29.3 Å². The topological polar surface area (TPSA) is 54.3 Å². The van der Waals surface area contributed by atoms with Crippen LogP contribution in [0.5, 0.6) is 11.5 Å². The lowest BCUT2D eigenvalue weighted by Crippen LogP contribution is -2.79. The summed E-state index contributed by atoms with van der Waals surface area (Å²) in [7, 11) is 3.95. The predicted octanol–water partition coefficient (Wildman–Crippen LogP) is 2.47. The van der Waals surface area contributed by atoms with Gasteiger partial charge in [-0.1, -0.05) is 18.2 Å². The number of isothiocyanates is 1. The SMILES string of the molecule is CO[C@]12C=C[C@@]3(CC1N=C=S)[C@H]1Cc4ccc(O)c5c4C3(CCN1C)[C@H]2O5. The maximum Gasteiger partial charge on any atom is 0.165 e. The Morgan fingerprint density at radius 1 is 1.41 bits per heavy atom. The summed E-state index contributed by atoms with van der Waals surface area (Å²) in [5, 5.41) is 13.2. The number of fused-ring (bicyclic) bond motifs is 1. The fourth-order valence-corrected chi connectivity index (χ4v) is 7.35. The second kappa shape index (κ2) is 4.81. The highest BCUT2D eigenvalue weighted by molar-refractivity contribution is 7.78. The molecular formula is C21H22N2O3S. The number of rotatable bonds is 2. The van der Waals surface area contributed by atoms with Crippen LogP contribution in [0.3, 0.4) is 0 Å².